The van der Waals surface area contributed by atoms with Gasteiger partial charge in [-0.1, -0.05) is 35.0 Å². The first-order valence-electron chi connectivity index (χ1n) is 6.73. The molecule has 1 aromatic carbocycles. The molecule has 0 radical (unpaired) electrons. The Bertz CT molecular complexity index is 384. The molecule has 100 valence electrons. The molecule has 0 spiro atoms. The fraction of sp³-hybridized carbons (Fsp3) is 0.600. The minimum absolute atomic E-state index is 0.0539. The van der Waals surface area contributed by atoms with Crippen molar-refractivity contribution in [1.29, 1.82) is 0 Å². The molecule has 1 N–H and O–H groups in total. The van der Waals surface area contributed by atoms with Gasteiger partial charge in [0, 0.05) is 17.6 Å². The maximum atomic E-state index is 5.82. The SMILES string of the molecule is CCNC(Cc1cccc(Br)c1)C1(OC)CCC1. The molecule has 3 heteroatoms. The van der Waals surface area contributed by atoms with E-state index in [1.807, 2.05) is 7.11 Å². The van der Waals surface area contributed by atoms with Gasteiger partial charge in [0.25, 0.3) is 0 Å². The first-order valence-corrected chi connectivity index (χ1v) is 7.52. The molecule has 0 aromatic heterocycles. The van der Waals surface area contributed by atoms with Gasteiger partial charge in [-0.25, -0.2) is 0 Å². The van der Waals surface area contributed by atoms with Crippen LogP contribution in [0.1, 0.15) is 31.7 Å². The molecule has 2 nitrogen and oxygen atoms in total. The van der Waals surface area contributed by atoms with Gasteiger partial charge in [-0.05, 0) is 49.9 Å². The summed E-state index contributed by atoms with van der Waals surface area (Å²) in [4.78, 5) is 0. The Balaban J connectivity index is 2.11. The van der Waals surface area contributed by atoms with Gasteiger partial charge < -0.3 is 10.1 Å². The molecule has 1 saturated carbocycles. The van der Waals surface area contributed by atoms with Crippen molar-refractivity contribution in [3.63, 3.8) is 0 Å². The Morgan fingerprint density at radius 3 is 2.72 bits per heavy atom. The van der Waals surface area contributed by atoms with Gasteiger partial charge in [0.1, 0.15) is 0 Å². The van der Waals surface area contributed by atoms with Crippen LogP contribution in [0.2, 0.25) is 0 Å². The number of hydrogen-bond donors (Lipinski definition) is 1. The van der Waals surface area contributed by atoms with Crippen LogP contribution in [-0.2, 0) is 11.2 Å². The average molecular weight is 312 g/mol. The number of hydrogen-bond acceptors (Lipinski definition) is 2. The highest BCUT2D eigenvalue weighted by Crippen LogP contribution is 2.39. The summed E-state index contributed by atoms with van der Waals surface area (Å²) in [6, 6.07) is 8.98. The van der Waals surface area contributed by atoms with Crippen molar-refractivity contribution in [2.75, 3.05) is 13.7 Å². The second kappa shape index (κ2) is 6.18. The number of ether oxygens (including phenoxy) is 1. The van der Waals surface area contributed by atoms with E-state index >= 15 is 0 Å². The second-order valence-electron chi connectivity index (χ2n) is 5.07. The molecule has 1 aliphatic rings. The number of methoxy groups -OCH3 is 1. The van der Waals surface area contributed by atoms with E-state index in [9.17, 15) is 0 Å². The summed E-state index contributed by atoms with van der Waals surface area (Å²) in [5, 5.41) is 3.60. The smallest absolute Gasteiger partial charge is 0.0834 e. The van der Waals surface area contributed by atoms with E-state index in [0.29, 0.717) is 6.04 Å². The number of likely N-dealkylation sites (N-methyl/N-ethyl adjacent to an activating group) is 1. The summed E-state index contributed by atoms with van der Waals surface area (Å²) in [5.41, 5.74) is 1.41. The van der Waals surface area contributed by atoms with Crippen molar-refractivity contribution in [1.82, 2.24) is 5.32 Å². The van der Waals surface area contributed by atoms with E-state index in [-0.39, 0.29) is 5.60 Å². The highest BCUT2D eigenvalue weighted by molar-refractivity contribution is 9.10. The van der Waals surface area contributed by atoms with E-state index in [1.54, 1.807) is 0 Å². The van der Waals surface area contributed by atoms with Gasteiger partial charge in [-0.2, -0.15) is 0 Å². The lowest BCUT2D eigenvalue weighted by atomic mass is 9.72. The van der Waals surface area contributed by atoms with E-state index in [0.717, 1.165) is 17.4 Å². The van der Waals surface area contributed by atoms with Crippen LogP contribution in [0.15, 0.2) is 28.7 Å². The van der Waals surface area contributed by atoms with Crippen molar-refractivity contribution < 1.29 is 4.74 Å². The average Bonchev–Trinajstić information content (AvgIpc) is 2.28. The lowest BCUT2D eigenvalue weighted by Crippen LogP contribution is -2.57. The summed E-state index contributed by atoms with van der Waals surface area (Å²) >= 11 is 3.54. The standard InChI is InChI=1S/C15H22BrNO/c1-3-17-14(15(18-2)8-5-9-15)11-12-6-4-7-13(16)10-12/h4,6-7,10,14,17H,3,5,8-9,11H2,1-2H3. The summed E-state index contributed by atoms with van der Waals surface area (Å²) in [6.45, 7) is 3.15. The minimum Gasteiger partial charge on any atom is -0.377 e. The zero-order valence-electron chi connectivity index (χ0n) is 11.2. The Labute approximate surface area is 118 Å². The van der Waals surface area contributed by atoms with Crippen LogP contribution in [0.5, 0.6) is 0 Å². The molecule has 18 heavy (non-hydrogen) atoms. The molecular weight excluding hydrogens is 290 g/mol. The summed E-state index contributed by atoms with van der Waals surface area (Å²) in [5.74, 6) is 0. The molecule has 0 heterocycles. The Morgan fingerprint density at radius 1 is 1.44 bits per heavy atom. The van der Waals surface area contributed by atoms with Crippen molar-refractivity contribution in [3.8, 4) is 0 Å². The minimum atomic E-state index is 0.0539. The highest BCUT2D eigenvalue weighted by Gasteiger charge is 2.43. The van der Waals surface area contributed by atoms with Crippen LogP contribution in [0.3, 0.4) is 0 Å². The third kappa shape index (κ3) is 2.95. The second-order valence-corrected chi connectivity index (χ2v) is 5.98. The van der Waals surface area contributed by atoms with Gasteiger partial charge in [0.15, 0.2) is 0 Å². The molecule has 1 aromatic rings. The number of rotatable bonds is 6. The van der Waals surface area contributed by atoms with Crippen molar-refractivity contribution in [2.45, 2.75) is 44.2 Å². The van der Waals surface area contributed by atoms with Crippen molar-refractivity contribution in [3.05, 3.63) is 34.3 Å². The van der Waals surface area contributed by atoms with Gasteiger partial charge in [0.05, 0.1) is 5.60 Å². The topological polar surface area (TPSA) is 21.3 Å². The lowest BCUT2D eigenvalue weighted by Gasteiger charge is -2.47. The quantitative estimate of drug-likeness (QED) is 0.867. The first-order chi connectivity index (χ1) is 8.70. The third-order valence-electron chi connectivity index (χ3n) is 4.02. The predicted molar refractivity (Wildman–Crippen MR) is 78.9 cm³/mol. The fourth-order valence-electron chi connectivity index (χ4n) is 2.81. The number of halogens is 1. The zero-order valence-corrected chi connectivity index (χ0v) is 12.8. The zero-order chi connectivity index (χ0) is 13.0. The molecule has 1 fully saturated rings. The van der Waals surface area contributed by atoms with Crippen LogP contribution >= 0.6 is 15.9 Å². The highest BCUT2D eigenvalue weighted by atomic mass is 79.9. The molecule has 0 aliphatic heterocycles. The normalized spacial score (nSPS) is 19.3. The molecular formula is C15H22BrNO. The van der Waals surface area contributed by atoms with Gasteiger partial charge in [-0.3, -0.25) is 0 Å². The summed E-state index contributed by atoms with van der Waals surface area (Å²) < 4.78 is 6.97. The van der Waals surface area contributed by atoms with Gasteiger partial charge >= 0.3 is 0 Å². The van der Waals surface area contributed by atoms with Crippen molar-refractivity contribution >= 4 is 15.9 Å². The van der Waals surface area contributed by atoms with Crippen LogP contribution in [-0.4, -0.2) is 25.3 Å². The molecule has 0 saturated heterocycles. The van der Waals surface area contributed by atoms with Gasteiger partial charge in [0.2, 0.25) is 0 Å². The van der Waals surface area contributed by atoms with Crippen molar-refractivity contribution in [2.24, 2.45) is 0 Å². The first kappa shape index (κ1) is 14.0. The van der Waals surface area contributed by atoms with E-state index in [1.165, 1.54) is 24.8 Å². The molecule has 1 unspecified atom stereocenters. The Hall–Kier alpha value is -0.380. The number of nitrogens with one attached hydrogen (secondary N) is 1. The van der Waals surface area contributed by atoms with Crippen LogP contribution in [0.4, 0.5) is 0 Å². The summed E-state index contributed by atoms with van der Waals surface area (Å²) in [7, 11) is 1.85. The lowest BCUT2D eigenvalue weighted by molar-refractivity contribution is -0.0978. The van der Waals surface area contributed by atoms with Gasteiger partial charge in [-0.15, -0.1) is 0 Å². The molecule has 1 atom stereocenters. The molecule has 1 aliphatic carbocycles. The summed E-state index contributed by atoms with van der Waals surface area (Å²) in [6.07, 6.45) is 4.67. The number of benzene rings is 1. The third-order valence-corrected chi connectivity index (χ3v) is 4.51. The van der Waals surface area contributed by atoms with Crippen LogP contribution in [0.25, 0.3) is 0 Å². The maximum absolute atomic E-state index is 5.82. The van der Waals surface area contributed by atoms with Crippen LogP contribution < -0.4 is 5.32 Å². The molecule has 2 rings (SSSR count). The van der Waals surface area contributed by atoms with Crippen LogP contribution in [0, 0.1) is 0 Å². The van der Waals surface area contributed by atoms with E-state index < -0.39 is 0 Å². The predicted octanol–water partition coefficient (Wildman–Crippen LogP) is 3.54. The Kier molecular flexibility index (Phi) is 4.82. The molecule has 0 amide bonds. The largest absolute Gasteiger partial charge is 0.377 e. The van der Waals surface area contributed by atoms with E-state index in [2.05, 4.69) is 52.4 Å². The maximum Gasteiger partial charge on any atom is 0.0834 e. The van der Waals surface area contributed by atoms with E-state index in [4.69, 9.17) is 4.74 Å². The Morgan fingerprint density at radius 2 is 2.22 bits per heavy atom. The molecule has 0 bridgehead atoms. The monoisotopic (exact) mass is 311 g/mol. The fourth-order valence-corrected chi connectivity index (χ4v) is 3.26.